The molecule has 0 bridgehead atoms. The van der Waals surface area contributed by atoms with Gasteiger partial charge >= 0.3 is 0 Å². The van der Waals surface area contributed by atoms with Crippen molar-refractivity contribution in [1.29, 1.82) is 0 Å². The molecule has 0 amide bonds. The average Bonchev–Trinajstić information content (AvgIpc) is 2.85. The van der Waals surface area contributed by atoms with Gasteiger partial charge in [-0.1, -0.05) is 5.21 Å². The number of rotatable bonds is 4. The van der Waals surface area contributed by atoms with E-state index >= 15 is 0 Å². The van der Waals surface area contributed by atoms with Crippen LogP contribution in [0.15, 0.2) is 6.20 Å². The molecule has 1 aliphatic rings. The molecule has 1 N–H and O–H groups in total. The Balaban J connectivity index is 1.85. The number of nitrogens with one attached hydrogen (secondary N) is 1. The lowest BCUT2D eigenvalue weighted by Crippen LogP contribution is -2.30. The number of nitrogens with zero attached hydrogens (tertiary/aromatic N) is 3. The fourth-order valence-corrected chi connectivity index (χ4v) is 3.96. The summed E-state index contributed by atoms with van der Waals surface area (Å²) in [6.07, 6.45) is 3.45. The third-order valence-corrected chi connectivity index (χ3v) is 5.64. The van der Waals surface area contributed by atoms with Crippen LogP contribution in [0.25, 0.3) is 0 Å². The Kier molecular flexibility index (Phi) is 3.96. The van der Waals surface area contributed by atoms with Gasteiger partial charge in [0.25, 0.3) is 0 Å². The van der Waals surface area contributed by atoms with E-state index < -0.39 is 9.84 Å². The summed E-state index contributed by atoms with van der Waals surface area (Å²) in [5.41, 5.74) is 0.755. The van der Waals surface area contributed by atoms with Gasteiger partial charge in [-0.15, -0.1) is 5.10 Å². The van der Waals surface area contributed by atoms with Crippen LogP contribution < -0.4 is 5.32 Å². The molecule has 108 valence electrons. The Morgan fingerprint density at radius 1 is 1.47 bits per heavy atom. The van der Waals surface area contributed by atoms with Crippen molar-refractivity contribution in [2.45, 2.75) is 50.9 Å². The van der Waals surface area contributed by atoms with Crippen molar-refractivity contribution >= 4 is 9.84 Å². The highest BCUT2D eigenvalue weighted by Gasteiger charge is 2.30. The van der Waals surface area contributed by atoms with Crippen LogP contribution in [-0.4, -0.2) is 41.0 Å². The van der Waals surface area contributed by atoms with Crippen molar-refractivity contribution in [2.75, 3.05) is 12.3 Å². The highest BCUT2D eigenvalue weighted by Crippen LogP contribution is 2.19. The van der Waals surface area contributed by atoms with Crippen LogP contribution in [0.3, 0.4) is 0 Å². The molecule has 0 radical (unpaired) electrons. The molecule has 1 unspecified atom stereocenters. The van der Waals surface area contributed by atoms with Gasteiger partial charge in [0.05, 0.1) is 28.4 Å². The van der Waals surface area contributed by atoms with E-state index in [0.717, 1.165) is 18.5 Å². The van der Waals surface area contributed by atoms with Crippen LogP contribution in [0, 0.1) is 0 Å². The molecule has 0 aliphatic carbocycles. The minimum atomic E-state index is -2.86. The van der Waals surface area contributed by atoms with E-state index in [1.54, 1.807) is 0 Å². The van der Waals surface area contributed by atoms with Gasteiger partial charge < -0.3 is 5.32 Å². The first-order chi connectivity index (χ1) is 8.79. The summed E-state index contributed by atoms with van der Waals surface area (Å²) in [5.74, 6) is 0.333. The normalized spacial score (nSPS) is 22.8. The number of sulfone groups is 1. The molecule has 1 aliphatic heterocycles. The lowest BCUT2D eigenvalue weighted by molar-refractivity contribution is 0.347. The summed E-state index contributed by atoms with van der Waals surface area (Å²) in [4.78, 5) is 0. The Bertz CT molecular complexity index is 530. The van der Waals surface area contributed by atoms with Gasteiger partial charge in [0.15, 0.2) is 9.84 Å². The summed E-state index contributed by atoms with van der Waals surface area (Å²) in [5, 5.41) is 11.1. The van der Waals surface area contributed by atoms with Crippen molar-refractivity contribution in [3.63, 3.8) is 0 Å². The summed E-state index contributed by atoms with van der Waals surface area (Å²) in [7, 11) is -2.86. The molecule has 2 rings (SSSR count). The van der Waals surface area contributed by atoms with E-state index in [2.05, 4.69) is 36.4 Å². The molecule has 2 heterocycles. The maximum atomic E-state index is 11.7. The van der Waals surface area contributed by atoms with Crippen molar-refractivity contribution < 1.29 is 8.42 Å². The summed E-state index contributed by atoms with van der Waals surface area (Å²) in [6, 6.07) is 0. The number of aromatic nitrogens is 3. The molecule has 0 aromatic carbocycles. The summed E-state index contributed by atoms with van der Waals surface area (Å²) < 4.78 is 25.2. The van der Waals surface area contributed by atoms with Gasteiger partial charge in [-0.25, -0.2) is 13.1 Å². The molecular weight excluding hydrogens is 264 g/mol. The average molecular weight is 286 g/mol. The van der Waals surface area contributed by atoms with Crippen molar-refractivity contribution in [3.05, 3.63) is 11.9 Å². The summed E-state index contributed by atoms with van der Waals surface area (Å²) >= 11 is 0. The van der Waals surface area contributed by atoms with Crippen LogP contribution in [0.4, 0.5) is 0 Å². The van der Waals surface area contributed by atoms with Crippen LogP contribution >= 0.6 is 0 Å². The van der Waals surface area contributed by atoms with E-state index in [1.165, 1.54) is 0 Å². The smallest absolute Gasteiger partial charge is 0.154 e. The molecule has 0 saturated carbocycles. The zero-order chi connectivity index (χ0) is 14.1. The van der Waals surface area contributed by atoms with Gasteiger partial charge in [0.2, 0.25) is 0 Å². The van der Waals surface area contributed by atoms with Crippen LogP contribution in [0.2, 0.25) is 0 Å². The van der Waals surface area contributed by atoms with E-state index in [9.17, 15) is 8.42 Å². The lowest BCUT2D eigenvalue weighted by Gasteiger charge is -2.17. The SMILES string of the molecule is CC(C)(C)n1cc(CNCC2CCCS2(=O)=O)nn1. The first-order valence-corrected chi connectivity index (χ1v) is 8.34. The predicted molar refractivity (Wildman–Crippen MR) is 73.5 cm³/mol. The molecule has 19 heavy (non-hydrogen) atoms. The van der Waals surface area contributed by atoms with Gasteiger partial charge in [-0.3, -0.25) is 0 Å². The lowest BCUT2D eigenvalue weighted by atomic mass is 10.1. The predicted octanol–water partition coefficient (Wildman–Crippen LogP) is 0.700. The first-order valence-electron chi connectivity index (χ1n) is 6.63. The third kappa shape index (κ3) is 3.54. The number of hydrogen-bond donors (Lipinski definition) is 1. The molecule has 1 aromatic heterocycles. The molecule has 0 spiro atoms. The molecule has 1 saturated heterocycles. The largest absolute Gasteiger partial charge is 0.310 e. The monoisotopic (exact) mass is 286 g/mol. The number of hydrogen-bond acceptors (Lipinski definition) is 5. The van der Waals surface area contributed by atoms with E-state index in [1.807, 2.05) is 10.9 Å². The Labute approximate surface area is 114 Å². The van der Waals surface area contributed by atoms with E-state index in [0.29, 0.717) is 18.8 Å². The Morgan fingerprint density at radius 3 is 2.74 bits per heavy atom. The van der Waals surface area contributed by atoms with Crippen LogP contribution in [0.5, 0.6) is 0 Å². The second kappa shape index (κ2) is 5.20. The Morgan fingerprint density at radius 2 is 2.21 bits per heavy atom. The van der Waals surface area contributed by atoms with Gasteiger partial charge in [-0.05, 0) is 33.6 Å². The fraction of sp³-hybridized carbons (Fsp3) is 0.833. The molecule has 1 aromatic rings. The highest BCUT2D eigenvalue weighted by atomic mass is 32.2. The second-order valence-corrected chi connectivity index (χ2v) is 8.49. The maximum absolute atomic E-state index is 11.7. The maximum Gasteiger partial charge on any atom is 0.154 e. The van der Waals surface area contributed by atoms with Crippen molar-refractivity contribution in [1.82, 2.24) is 20.3 Å². The Hall–Kier alpha value is -0.950. The van der Waals surface area contributed by atoms with Gasteiger partial charge in [0.1, 0.15) is 0 Å². The van der Waals surface area contributed by atoms with E-state index in [-0.39, 0.29) is 10.8 Å². The first kappa shape index (κ1) is 14.5. The quantitative estimate of drug-likeness (QED) is 0.881. The molecular formula is C12H22N4O2S. The standard InChI is InChI=1S/C12H22N4O2S/c1-12(2,3)16-9-10(14-15-16)7-13-8-11-5-4-6-19(11,17)18/h9,11,13H,4-8H2,1-3H3. The van der Waals surface area contributed by atoms with Gasteiger partial charge in [-0.2, -0.15) is 0 Å². The molecule has 7 heteroatoms. The molecule has 6 nitrogen and oxygen atoms in total. The second-order valence-electron chi connectivity index (χ2n) is 6.09. The van der Waals surface area contributed by atoms with E-state index in [4.69, 9.17) is 0 Å². The zero-order valence-corrected chi connectivity index (χ0v) is 12.6. The van der Waals surface area contributed by atoms with Crippen molar-refractivity contribution in [2.24, 2.45) is 0 Å². The zero-order valence-electron chi connectivity index (χ0n) is 11.8. The molecule has 1 atom stereocenters. The van der Waals surface area contributed by atoms with Crippen molar-refractivity contribution in [3.8, 4) is 0 Å². The minimum absolute atomic E-state index is 0.0833. The van der Waals surface area contributed by atoms with Gasteiger partial charge in [0, 0.05) is 13.1 Å². The fourth-order valence-electron chi connectivity index (χ4n) is 2.16. The van der Waals surface area contributed by atoms with Crippen LogP contribution in [0.1, 0.15) is 39.3 Å². The molecule has 1 fully saturated rings. The third-order valence-electron chi connectivity index (χ3n) is 3.37. The minimum Gasteiger partial charge on any atom is -0.310 e. The summed E-state index contributed by atoms with van der Waals surface area (Å²) in [6.45, 7) is 7.24. The topological polar surface area (TPSA) is 76.9 Å². The van der Waals surface area contributed by atoms with Crippen LogP contribution in [-0.2, 0) is 21.9 Å². The highest BCUT2D eigenvalue weighted by molar-refractivity contribution is 7.92.